The Morgan fingerprint density at radius 3 is 2.48 bits per heavy atom. The molecule has 21 heavy (non-hydrogen) atoms. The van der Waals surface area contributed by atoms with Gasteiger partial charge in [0.05, 0.1) is 6.42 Å². The number of nitrogens with zero attached hydrogens (tertiary/aromatic N) is 1. The van der Waals surface area contributed by atoms with Crippen molar-refractivity contribution < 1.29 is 14.7 Å². The third-order valence-electron chi connectivity index (χ3n) is 5.11. The van der Waals surface area contributed by atoms with E-state index in [1.165, 1.54) is 0 Å². The molecule has 0 radical (unpaired) electrons. The van der Waals surface area contributed by atoms with Gasteiger partial charge in [0.15, 0.2) is 0 Å². The van der Waals surface area contributed by atoms with Crippen LogP contribution in [0.1, 0.15) is 64.2 Å². The number of carboxylic acids is 1. The minimum atomic E-state index is -0.774. The number of hydrogen-bond donors (Lipinski definition) is 1. The molecule has 1 unspecified atom stereocenters. The molecule has 1 amide bonds. The number of rotatable bonds is 5. The van der Waals surface area contributed by atoms with Crippen LogP contribution in [-0.4, -0.2) is 34.5 Å². The Morgan fingerprint density at radius 2 is 1.86 bits per heavy atom. The first-order valence-electron chi connectivity index (χ1n) is 8.20. The highest BCUT2D eigenvalue weighted by Gasteiger charge is 2.38. The Labute approximate surface area is 127 Å². The van der Waals surface area contributed by atoms with Gasteiger partial charge in [-0.05, 0) is 37.5 Å². The normalized spacial score (nSPS) is 25.3. The summed E-state index contributed by atoms with van der Waals surface area (Å²) < 4.78 is 0. The van der Waals surface area contributed by atoms with Gasteiger partial charge >= 0.3 is 5.97 Å². The Morgan fingerprint density at radius 1 is 1.14 bits per heavy atom. The number of likely N-dealkylation sites (tertiary alicyclic amines) is 1. The Kier molecular flexibility index (Phi) is 5.43. The third kappa shape index (κ3) is 4.08. The summed E-state index contributed by atoms with van der Waals surface area (Å²) in [6.45, 7) is 4.63. The molecule has 2 rings (SSSR count). The van der Waals surface area contributed by atoms with Crippen LogP contribution in [0.4, 0.5) is 0 Å². The number of carboxylic acid groups (broad SMARTS) is 1. The van der Waals surface area contributed by atoms with Crippen molar-refractivity contribution in [3.05, 3.63) is 12.7 Å². The molecule has 2 fully saturated rings. The number of piperidine rings is 1. The van der Waals surface area contributed by atoms with Crippen LogP contribution in [-0.2, 0) is 9.59 Å². The first-order valence-corrected chi connectivity index (χ1v) is 8.20. The van der Waals surface area contributed by atoms with Crippen molar-refractivity contribution in [2.24, 2.45) is 5.41 Å². The highest BCUT2D eigenvalue weighted by Crippen LogP contribution is 2.43. The lowest BCUT2D eigenvalue weighted by molar-refractivity contribution is -0.143. The van der Waals surface area contributed by atoms with Crippen molar-refractivity contribution in [1.29, 1.82) is 0 Å². The lowest BCUT2D eigenvalue weighted by Crippen LogP contribution is -2.45. The fourth-order valence-electron chi connectivity index (χ4n) is 3.97. The maximum atomic E-state index is 12.7. The summed E-state index contributed by atoms with van der Waals surface area (Å²) in [5.74, 6) is -0.647. The summed E-state index contributed by atoms with van der Waals surface area (Å²) in [5, 5.41) is 9.21. The van der Waals surface area contributed by atoms with Gasteiger partial charge in [0.1, 0.15) is 0 Å². The van der Waals surface area contributed by atoms with Crippen molar-refractivity contribution in [3.8, 4) is 0 Å². The summed E-state index contributed by atoms with van der Waals surface area (Å²) in [4.78, 5) is 25.8. The molecule has 0 aromatic heterocycles. The molecular formula is C17H27NO3. The number of carbonyl (C=O) groups is 2. The maximum absolute atomic E-state index is 12.7. The third-order valence-corrected chi connectivity index (χ3v) is 5.11. The molecule has 1 saturated carbocycles. The van der Waals surface area contributed by atoms with E-state index in [9.17, 15) is 14.7 Å². The Bertz CT molecular complexity index is 399. The molecule has 1 heterocycles. The van der Waals surface area contributed by atoms with E-state index in [-0.39, 0.29) is 23.8 Å². The summed E-state index contributed by atoms with van der Waals surface area (Å²) in [6.07, 6.45) is 10.6. The van der Waals surface area contributed by atoms with Crippen LogP contribution in [0.3, 0.4) is 0 Å². The molecule has 1 atom stereocenters. The SMILES string of the molecule is C=CC1CCCCN1C(=O)CC1(CC(=O)O)CCCCC1. The number of amides is 1. The van der Waals surface area contributed by atoms with Gasteiger partial charge < -0.3 is 10.0 Å². The van der Waals surface area contributed by atoms with Crippen LogP contribution in [0, 0.1) is 5.41 Å². The van der Waals surface area contributed by atoms with E-state index < -0.39 is 5.97 Å². The number of hydrogen-bond acceptors (Lipinski definition) is 2. The highest BCUT2D eigenvalue weighted by molar-refractivity contribution is 5.79. The number of aliphatic carboxylic acids is 1. The second kappa shape index (κ2) is 7.10. The molecule has 0 aromatic rings. The molecule has 4 nitrogen and oxygen atoms in total. The molecule has 4 heteroatoms. The number of carbonyl (C=O) groups excluding carboxylic acids is 1. The standard InChI is InChI=1S/C17H27NO3/c1-2-14-8-4-7-11-18(14)15(19)12-17(13-16(20)21)9-5-3-6-10-17/h2,14H,1,3-13H2,(H,20,21). The van der Waals surface area contributed by atoms with E-state index in [1.54, 1.807) is 0 Å². The molecule has 1 aliphatic carbocycles. The minimum absolute atomic E-state index is 0.128. The maximum Gasteiger partial charge on any atom is 0.303 e. The van der Waals surface area contributed by atoms with Crippen LogP contribution < -0.4 is 0 Å². The zero-order valence-corrected chi connectivity index (χ0v) is 12.9. The van der Waals surface area contributed by atoms with Gasteiger partial charge in [-0.2, -0.15) is 0 Å². The van der Waals surface area contributed by atoms with Gasteiger partial charge in [0.25, 0.3) is 0 Å². The zero-order valence-electron chi connectivity index (χ0n) is 12.9. The molecule has 1 saturated heterocycles. The van der Waals surface area contributed by atoms with Crippen molar-refractivity contribution in [3.63, 3.8) is 0 Å². The average Bonchev–Trinajstić information content (AvgIpc) is 2.47. The van der Waals surface area contributed by atoms with Gasteiger partial charge in [-0.1, -0.05) is 25.3 Å². The largest absolute Gasteiger partial charge is 0.481 e. The molecule has 118 valence electrons. The van der Waals surface area contributed by atoms with Gasteiger partial charge in [0.2, 0.25) is 5.91 Å². The molecule has 0 bridgehead atoms. The highest BCUT2D eigenvalue weighted by atomic mass is 16.4. The van der Waals surface area contributed by atoms with E-state index in [2.05, 4.69) is 6.58 Å². The van der Waals surface area contributed by atoms with Crippen molar-refractivity contribution in [2.75, 3.05) is 6.54 Å². The lowest BCUT2D eigenvalue weighted by Gasteiger charge is -2.40. The fourth-order valence-corrected chi connectivity index (χ4v) is 3.97. The monoisotopic (exact) mass is 293 g/mol. The van der Waals surface area contributed by atoms with Crippen LogP contribution in [0.25, 0.3) is 0 Å². The first kappa shape index (κ1) is 16.1. The summed E-state index contributed by atoms with van der Waals surface area (Å²) in [7, 11) is 0. The van der Waals surface area contributed by atoms with Crippen molar-refractivity contribution >= 4 is 11.9 Å². The topological polar surface area (TPSA) is 57.6 Å². The molecule has 2 aliphatic rings. The second-order valence-corrected chi connectivity index (χ2v) is 6.69. The molecule has 1 N–H and O–H groups in total. The first-order chi connectivity index (χ1) is 10.1. The average molecular weight is 293 g/mol. The van der Waals surface area contributed by atoms with Crippen molar-refractivity contribution in [2.45, 2.75) is 70.3 Å². The predicted octanol–water partition coefficient (Wildman–Crippen LogP) is 3.37. The van der Waals surface area contributed by atoms with Gasteiger partial charge in [-0.25, -0.2) is 0 Å². The second-order valence-electron chi connectivity index (χ2n) is 6.69. The van der Waals surface area contributed by atoms with Gasteiger partial charge in [0, 0.05) is 19.0 Å². The smallest absolute Gasteiger partial charge is 0.303 e. The van der Waals surface area contributed by atoms with E-state index in [0.717, 1.165) is 57.9 Å². The predicted molar refractivity (Wildman–Crippen MR) is 81.9 cm³/mol. The van der Waals surface area contributed by atoms with Gasteiger partial charge in [-0.3, -0.25) is 9.59 Å². The summed E-state index contributed by atoms with van der Waals surface area (Å²) in [5.41, 5.74) is -0.315. The molecule has 1 aliphatic heterocycles. The summed E-state index contributed by atoms with van der Waals surface area (Å²) in [6, 6.07) is 0.136. The van der Waals surface area contributed by atoms with Crippen LogP contribution in [0.2, 0.25) is 0 Å². The Hall–Kier alpha value is -1.32. The quantitative estimate of drug-likeness (QED) is 0.791. The van der Waals surface area contributed by atoms with Gasteiger partial charge in [-0.15, -0.1) is 6.58 Å². The van der Waals surface area contributed by atoms with E-state index in [4.69, 9.17) is 0 Å². The molecule has 0 spiro atoms. The van der Waals surface area contributed by atoms with Crippen LogP contribution in [0.15, 0.2) is 12.7 Å². The molecular weight excluding hydrogens is 266 g/mol. The fraction of sp³-hybridized carbons (Fsp3) is 0.765. The van der Waals surface area contributed by atoms with Crippen LogP contribution >= 0.6 is 0 Å². The van der Waals surface area contributed by atoms with Crippen LogP contribution in [0.5, 0.6) is 0 Å². The lowest BCUT2D eigenvalue weighted by atomic mass is 9.69. The zero-order chi connectivity index (χ0) is 15.3. The Balaban J connectivity index is 2.06. The van der Waals surface area contributed by atoms with E-state index >= 15 is 0 Å². The van der Waals surface area contributed by atoms with Crippen molar-refractivity contribution in [1.82, 2.24) is 4.90 Å². The van der Waals surface area contributed by atoms with E-state index in [0.29, 0.717) is 6.42 Å². The minimum Gasteiger partial charge on any atom is -0.481 e. The molecule has 0 aromatic carbocycles. The summed E-state index contributed by atoms with van der Waals surface area (Å²) >= 11 is 0. The van der Waals surface area contributed by atoms with E-state index in [1.807, 2.05) is 11.0 Å².